The van der Waals surface area contributed by atoms with Gasteiger partial charge in [-0.05, 0) is 60.4 Å². The van der Waals surface area contributed by atoms with Crippen LogP contribution < -0.4 is 16.0 Å². The second-order valence-corrected chi connectivity index (χ2v) is 9.98. The molecule has 7 nitrogen and oxygen atoms in total. The van der Waals surface area contributed by atoms with Gasteiger partial charge in [0.05, 0.1) is 0 Å². The molecule has 1 aliphatic heterocycles. The normalized spacial score (nSPS) is 16.1. The van der Waals surface area contributed by atoms with Crippen LogP contribution in [0.3, 0.4) is 0 Å². The standard InChI is InChI=1S/C25H34FN7/c1-15(2)14-28-8-10-33-21(29-22-23(27)30-25(26)31-24(22)33)13-18-12-20-17(7-9-32(20)3)11-19(18)16-5-4-6-16/h11-12,15-16,28H,4-10,13-14H2,1-3H3,(H2,27,30,31). The maximum Gasteiger partial charge on any atom is 0.312 e. The Morgan fingerprint density at radius 3 is 2.76 bits per heavy atom. The van der Waals surface area contributed by atoms with E-state index in [2.05, 4.69) is 53.2 Å². The minimum atomic E-state index is -0.808. The second-order valence-electron chi connectivity index (χ2n) is 9.98. The van der Waals surface area contributed by atoms with Crippen molar-refractivity contribution in [1.29, 1.82) is 0 Å². The Morgan fingerprint density at radius 1 is 1.21 bits per heavy atom. The summed E-state index contributed by atoms with van der Waals surface area (Å²) in [5.41, 5.74) is 12.5. The fraction of sp³-hybridized carbons (Fsp3) is 0.560. The first kappa shape index (κ1) is 22.1. The van der Waals surface area contributed by atoms with Crippen molar-refractivity contribution in [3.8, 4) is 0 Å². The summed E-state index contributed by atoms with van der Waals surface area (Å²) in [6, 6.07) is 4.79. The average molecular weight is 452 g/mol. The predicted molar refractivity (Wildman–Crippen MR) is 130 cm³/mol. The Hall–Kier alpha value is -2.74. The van der Waals surface area contributed by atoms with E-state index in [-0.39, 0.29) is 5.82 Å². The number of hydrogen-bond donors (Lipinski definition) is 2. The lowest BCUT2D eigenvalue weighted by molar-refractivity contribution is 0.417. The van der Waals surface area contributed by atoms with Crippen LogP contribution in [0.5, 0.6) is 0 Å². The molecule has 0 amide bonds. The van der Waals surface area contributed by atoms with Crippen molar-refractivity contribution in [3.63, 3.8) is 0 Å². The molecule has 2 aliphatic rings. The van der Waals surface area contributed by atoms with Crippen LogP contribution in [0.1, 0.15) is 61.5 Å². The average Bonchev–Trinajstić information content (AvgIpc) is 3.25. The predicted octanol–water partition coefficient (Wildman–Crippen LogP) is 3.64. The van der Waals surface area contributed by atoms with Crippen LogP contribution in [0.2, 0.25) is 0 Å². The molecule has 2 aromatic heterocycles. The molecule has 5 rings (SSSR count). The van der Waals surface area contributed by atoms with Crippen molar-refractivity contribution < 1.29 is 4.39 Å². The number of rotatable bonds is 8. The Morgan fingerprint density at radius 2 is 2.03 bits per heavy atom. The van der Waals surface area contributed by atoms with E-state index in [1.165, 1.54) is 41.6 Å². The first-order valence-corrected chi connectivity index (χ1v) is 12.2. The quantitative estimate of drug-likeness (QED) is 0.402. The monoisotopic (exact) mass is 451 g/mol. The highest BCUT2D eigenvalue weighted by atomic mass is 19.1. The summed E-state index contributed by atoms with van der Waals surface area (Å²) >= 11 is 0. The molecule has 33 heavy (non-hydrogen) atoms. The number of aromatic nitrogens is 4. The molecule has 0 saturated heterocycles. The van der Waals surface area contributed by atoms with Crippen LogP contribution in [0.25, 0.3) is 11.2 Å². The van der Waals surface area contributed by atoms with E-state index in [0.717, 1.165) is 31.9 Å². The van der Waals surface area contributed by atoms with Gasteiger partial charge in [-0.2, -0.15) is 14.4 Å². The highest BCUT2D eigenvalue weighted by Crippen LogP contribution is 2.42. The number of likely N-dealkylation sites (N-methyl/N-ethyl adjacent to an activating group) is 1. The highest BCUT2D eigenvalue weighted by molar-refractivity contribution is 5.82. The SMILES string of the molecule is CC(C)CNCCn1c(Cc2cc3c(cc2C2CCC2)CCN3C)nc2c(N)nc(F)nc21. The van der Waals surface area contributed by atoms with E-state index in [1.807, 2.05) is 4.57 Å². The van der Waals surface area contributed by atoms with E-state index >= 15 is 0 Å². The summed E-state index contributed by atoms with van der Waals surface area (Å²) in [6.45, 7) is 7.76. The van der Waals surface area contributed by atoms with Gasteiger partial charge in [0.1, 0.15) is 5.82 Å². The molecule has 1 fully saturated rings. The lowest BCUT2D eigenvalue weighted by Crippen LogP contribution is -2.25. The van der Waals surface area contributed by atoms with Gasteiger partial charge < -0.3 is 20.5 Å². The minimum Gasteiger partial charge on any atom is -0.382 e. The van der Waals surface area contributed by atoms with Gasteiger partial charge in [-0.25, -0.2) is 4.98 Å². The first-order chi connectivity index (χ1) is 15.9. The molecule has 176 valence electrons. The topological polar surface area (TPSA) is 84.9 Å². The molecule has 1 saturated carbocycles. The van der Waals surface area contributed by atoms with Crippen molar-refractivity contribution in [2.24, 2.45) is 5.92 Å². The Labute approximate surface area is 194 Å². The lowest BCUT2D eigenvalue weighted by atomic mass is 9.77. The van der Waals surface area contributed by atoms with Crippen LogP contribution >= 0.6 is 0 Å². The Bertz CT molecular complexity index is 1170. The highest BCUT2D eigenvalue weighted by Gasteiger charge is 2.27. The number of nitrogens with two attached hydrogens (primary N) is 1. The van der Waals surface area contributed by atoms with Gasteiger partial charge in [0, 0.05) is 38.8 Å². The largest absolute Gasteiger partial charge is 0.382 e. The second kappa shape index (κ2) is 8.89. The molecule has 1 aromatic carbocycles. The van der Waals surface area contributed by atoms with Crippen LogP contribution in [-0.2, 0) is 19.4 Å². The number of nitrogens with one attached hydrogen (secondary N) is 1. The maximum atomic E-state index is 14.1. The van der Waals surface area contributed by atoms with Crippen LogP contribution in [0, 0.1) is 12.0 Å². The third-order valence-corrected chi connectivity index (χ3v) is 7.10. The number of halogens is 1. The summed E-state index contributed by atoms with van der Waals surface area (Å²) in [5.74, 6) is 2.15. The lowest BCUT2D eigenvalue weighted by Gasteiger charge is -2.29. The van der Waals surface area contributed by atoms with Gasteiger partial charge >= 0.3 is 6.08 Å². The van der Waals surface area contributed by atoms with Gasteiger partial charge in [0.15, 0.2) is 17.0 Å². The minimum absolute atomic E-state index is 0.0977. The van der Waals surface area contributed by atoms with Crippen molar-refractivity contribution >= 4 is 22.7 Å². The number of anilines is 2. The number of nitrogen functional groups attached to an aromatic ring is 1. The zero-order valence-corrected chi connectivity index (χ0v) is 19.9. The third kappa shape index (κ3) is 4.28. The fourth-order valence-electron chi connectivity index (χ4n) is 5.07. The summed E-state index contributed by atoms with van der Waals surface area (Å²) in [7, 11) is 2.16. The van der Waals surface area contributed by atoms with E-state index < -0.39 is 6.08 Å². The van der Waals surface area contributed by atoms with Crippen LogP contribution in [0.4, 0.5) is 15.9 Å². The van der Waals surface area contributed by atoms with E-state index in [4.69, 9.17) is 10.7 Å². The van der Waals surface area contributed by atoms with Crippen molar-refractivity contribution in [2.75, 3.05) is 37.3 Å². The molecule has 3 N–H and O–H groups in total. The number of hydrogen-bond acceptors (Lipinski definition) is 6. The van der Waals surface area contributed by atoms with Crippen molar-refractivity contribution in [3.05, 3.63) is 40.7 Å². The molecule has 0 radical (unpaired) electrons. The zero-order valence-electron chi connectivity index (χ0n) is 19.9. The van der Waals surface area contributed by atoms with E-state index in [9.17, 15) is 4.39 Å². The number of benzene rings is 1. The van der Waals surface area contributed by atoms with Crippen LogP contribution in [-0.4, -0.2) is 46.2 Å². The summed E-state index contributed by atoms with van der Waals surface area (Å²) in [4.78, 5) is 14.9. The molecule has 0 atom stereocenters. The zero-order chi connectivity index (χ0) is 23.1. The van der Waals surface area contributed by atoms with Gasteiger partial charge in [0.25, 0.3) is 0 Å². The number of imidazole rings is 1. The van der Waals surface area contributed by atoms with Gasteiger partial charge in [-0.3, -0.25) is 0 Å². The van der Waals surface area contributed by atoms with Gasteiger partial charge in [-0.15, -0.1) is 0 Å². The van der Waals surface area contributed by atoms with Crippen molar-refractivity contribution in [2.45, 2.75) is 58.4 Å². The molecule has 3 aromatic rings. The molecule has 0 spiro atoms. The summed E-state index contributed by atoms with van der Waals surface area (Å²) in [6.07, 6.45) is 4.78. The summed E-state index contributed by atoms with van der Waals surface area (Å²) < 4.78 is 16.1. The first-order valence-electron chi connectivity index (χ1n) is 12.2. The number of fused-ring (bicyclic) bond motifs is 2. The number of nitrogens with zero attached hydrogens (tertiary/aromatic N) is 5. The third-order valence-electron chi connectivity index (χ3n) is 7.10. The molecule has 0 bridgehead atoms. The molecular weight excluding hydrogens is 417 g/mol. The molecule has 8 heteroatoms. The fourth-order valence-corrected chi connectivity index (χ4v) is 5.07. The van der Waals surface area contributed by atoms with Crippen LogP contribution in [0.15, 0.2) is 12.1 Å². The smallest absolute Gasteiger partial charge is 0.312 e. The maximum absolute atomic E-state index is 14.1. The van der Waals surface area contributed by atoms with Gasteiger partial charge in [0.2, 0.25) is 0 Å². The molecular formula is C25H34FN7. The van der Waals surface area contributed by atoms with E-state index in [1.54, 1.807) is 0 Å². The van der Waals surface area contributed by atoms with Gasteiger partial charge in [-0.1, -0.05) is 26.3 Å². The molecule has 0 unspecified atom stereocenters. The Kier molecular flexibility index (Phi) is 5.95. The van der Waals surface area contributed by atoms with Crippen molar-refractivity contribution in [1.82, 2.24) is 24.8 Å². The molecule has 1 aliphatic carbocycles. The summed E-state index contributed by atoms with van der Waals surface area (Å²) in [5, 5.41) is 3.47. The molecule has 3 heterocycles. The van der Waals surface area contributed by atoms with E-state index in [0.29, 0.717) is 36.0 Å². The Balaban J connectivity index is 1.54.